The number of aryl methyl sites for hydroxylation is 1. The van der Waals surface area contributed by atoms with E-state index in [2.05, 4.69) is 10.3 Å². The Morgan fingerprint density at radius 2 is 2.13 bits per heavy atom. The fourth-order valence-electron chi connectivity index (χ4n) is 4.02. The topological polar surface area (TPSA) is 62.3 Å². The molecule has 0 aliphatic carbocycles. The van der Waals surface area contributed by atoms with Crippen LogP contribution in [0, 0.1) is 6.92 Å². The zero-order chi connectivity index (χ0) is 16.0. The standard InChI is InChI=1S/C17H21N3O2S/c1-12-10-18-11-13-4-2-6-16(17(12)13)23(21,22)20-9-7-14-15(20)5-3-8-19-14/h2,4,6,10-11,14-15,19H,3,5,7-9H2,1H3. The summed E-state index contributed by atoms with van der Waals surface area (Å²) >= 11 is 0. The Hall–Kier alpha value is -1.50. The van der Waals surface area contributed by atoms with Gasteiger partial charge >= 0.3 is 0 Å². The largest absolute Gasteiger partial charge is 0.312 e. The highest BCUT2D eigenvalue weighted by Crippen LogP contribution is 2.34. The maximum absolute atomic E-state index is 13.3. The van der Waals surface area contributed by atoms with E-state index in [1.165, 1.54) is 0 Å². The molecule has 2 aliphatic rings. The third-order valence-corrected chi connectivity index (χ3v) is 7.07. The highest BCUT2D eigenvalue weighted by Gasteiger charge is 2.42. The lowest BCUT2D eigenvalue weighted by Crippen LogP contribution is -2.48. The van der Waals surface area contributed by atoms with E-state index in [-0.39, 0.29) is 6.04 Å². The van der Waals surface area contributed by atoms with E-state index in [4.69, 9.17) is 0 Å². The second-order valence-electron chi connectivity index (χ2n) is 6.49. The number of sulfonamides is 1. The van der Waals surface area contributed by atoms with Crippen molar-refractivity contribution in [2.24, 2.45) is 0 Å². The van der Waals surface area contributed by atoms with Crippen molar-refractivity contribution in [3.63, 3.8) is 0 Å². The molecule has 0 saturated carbocycles. The Bertz CT molecular complexity index is 845. The maximum Gasteiger partial charge on any atom is 0.244 e. The van der Waals surface area contributed by atoms with Gasteiger partial charge in [-0.1, -0.05) is 12.1 Å². The lowest BCUT2D eigenvalue weighted by Gasteiger charge is -2.32. The van der Waals surface area contributed by atoms with Gasteiger partial charge in [-0.3, -0.25) is 4.98 Å². The zero-order valence-corrected chi connectivity index (χ0v) is 14.0. The minimum atomic E-state index is -3.49. The predicted octanol–water partition coefficient (Wildman–Crippen LogP) is 2.06. The van der Waals surface area contributed by atoms with E-state index in [1.807, 2.05) is 19.1 Å². The van der Waals surface area contributed by atoms with Gasteiger partial charge in [-0.2, -0.15) is 4.31 Å². The molecule has 23 heavy (non-hydrogen) atoms. The predicted molar refractivity (Wildman–Crippen MR) is 89.8 cm³/mol. The van der Waals surface area contributed by atoms with Crippen LogP contribution in [0.1, 0.15) is 24.8 Å². The number of nitrogens with zero attached hydrogens (tertiary/aromatic N) is 2. The molecule has 0 radical (unpaired) electrons. The van der Waals surface area contributed by atoms with Crippen LogP contribution in [0.2, 0.25) is 0 Å². The van der Waals surface area contributed by atoms with Crippen LogP contribution < -0.4 is 5.32 Å². The summed E-state index contributed by atoms with van der Waals surface area (Å²) in [5, 5.41) is 5.15. The average Bonchev–Trinajstić information content (AvgIpc) is 2.99. The molecule has 1 aromatic heterocycles. The molecule has 122 valence electrons. The molecule has 2 saturated heterocycles. The fourth-order valence-corrected chi connectivity index (χ4v) is 6.01. The third-order valence-electron chi connectivity index (χ3n) is 5.10. The number of pyridine rings is 1. The van der Waals surface area contributed by atoms with E-state index in [0.717, 1.165) is 42.1 Å². The molecule has 5 nitrogen and oxygen atoms in total. The molecule has 6 heteroatoms. The minimum Gasteiger partial charge on any atom is -0.312 e. The Labute approximate surface area is 136 Å². The van der Waals surface area contributed by atoms with E-state index in [9.17, 15) is 8.42 Å². The van der Waals surface area contributed by atoms with Gasteiger partial charge in [0.2, 0.25) is 10.0 Å². The highest BCUT2D eigenvalue weighted by molar-refractivity contribution is 7.89. The SMILES string of the molecule is Cc1cncc2cccc(S(=O)(=O)N3CCC4NCCCC43)c12. The van der Waals surface area contributed by atoms with Crippen molar-refractivity contribution in [1.82, 2.24) is 14.6 Å². The molecule has 2 atom stereocenters. The van der Waals surface area contributed by atoms with Crippen molar-refractivity contribution < 1.29 is 8.42 Å². The monoisotopic (exact) mass is 331 g/mol. The summed E-state index contributed by atoms with van der Waals surface area (Å²) in [6, 6.07) is 5.85. The van der Waals surface area contributed by atoms with Gasteiger partial charge in [0, 0.05) is 41.8 Å². The van der Waals surface area contributed by atoms with E-state index < -0.39 is 10.0 Å². The highest BCUT2D eigenvalue weighted by atomic mass is 32.2. The Morgan fingerprint density at radius 3 is 3.00 bits per heavy atom. The van der Waals surface area contributed by atoms with Gasteiger partial charge in [0.05, 0.1) is 4.90 Å². The molecular formula is C17H21N3O2S. The van der Waals surface area contributed by atoms with Crippen molar-refractivity contribution in [3.8, 4) is 0 Å². The van der Waals surface area contributed by atoms with Crippen LogP contribution in [0.15, 0.2) is 35.5 Å². The fraction of sp³-hybridized carbons (Fsp3) is 0.471. The van der Waals surface area contributed by atoms with Crippen molar-refractivity contribution in [3.05, 3.63) is 36.2 Å². The van der Waals surface area contributed by atoms with Gasteiger partial charge in [-0.05, 0) is 44.4 Å². The number of piperidine rings is 1. The van der Waals surface area contributed by atoms with Crippen LogP contribution >= 0.6 is 0 Å². The average molecular weight is 331 g/mol. The Balaban J connectivity index is 1.84. The summed E-state index contributed by atoms with van der Waals surface area (Å²) in [4.78, 5) is 4.60. The molecule has 0 amide bonds. The molecule has 3 heterocycles. The summed E-state index contributed by atoms with van der Waals surface area (Å²) < 4.78 is 28.4. The number of hydrogen-bond acceptors (Lipinski definition) is 4. The van der Waals surface area contributed by atoms with Gasteiger partial charge in [0.25, 0.3) is 0 Å². The molecular weight excluding hydrogens is 310 g/mol. The van der Waals surface area contributed by atoms with Crippen molar-refractivity contribution in [2.75, 3.05) is 13.1 Å². The molecule has 0 bridgehead atoms. The van der Waals surface area contributed by atoms with Gasteiger partial charge in [-0.15, -0.1) is 0 Å². The lowest BCUT2D eigenvalue weighted by atomic mass is 10.0. The van der Waals surface area contributed by atoms with Gasteiger partial charge in [0.1, 0.15) is 0 Å². The normalized spacial score (nSPS) is 25.6. The van der Waals surface area contributed by atoms with Crippen LogP contribution in [-0.2, 0) is 10.0 Å². The minimum absolute atomic E-state index is 0.0890. The van der Waals surface area contributed by atoms with Crippen LogP contribution in [0.4, 0.5) is 0 Å². The van der Waals surface area contributed by atoms with Gasteiger partial charge < -0.3 is 5.32 Å². The number of hydrogen-bond donors (Lipinski definition) is 1. The number of rotatable bonds is 2. The molecule has 1 N–H and O–H groups in total. The quantitative estimate of drug-likeness (QED) is 0.915. The van der Waals surface area contributed by atoms with E-state index >= 15 is 0 Å². The Kier molecular flexibility index (Phi) is 3.63. The zero-order valence-electron chi connectivity index (χ0n) is 13.2. The molecule has 0 spiro atoms. The van der Waals surface area contributed by atoms with Crippen molar-refractivity contribution in [1.29, 1.82) is 0 Å². The first kappa shape index (κ1) is 15.1. The van der Waals surface area contributed by atoms with Crippen LogP contribution in [0.25, 0.3) is 10.8 Å². The number of aromatic nitrogens is 1. The van der Waals surface area contributed by atoms with Crippen molar-refractivity contribution >= 4 is 20.8 Å². The summed E-state index contributed by atoms with van der Waals surface area (Å²) in [5.41, 5.74) is 0.902. The van der Waals surface area contributed by atoms with Crippen LogP contribution in [0.3, 0.4) is 0 Å². The molecule has 2 fully saturated rings. The van der Waals surface area contributed by atoms with Gasteiger partial charge in [-0.25, -0.2) is 8.42 Å². The van der Waals surface area contributed by atoms with Crippen LogP contribution in [-0.4, -0.2) is 42.9 Å². The summed E-state index contributed by atoms with van der Waals surface area (Å²) in [6.45, 7) is 3.52. The number of benzene rings is 1. The maximum atomic E-state index is 13.3. The first-order chi connectivity index (χ1) is 11.1. The third kappa shape index (κ3) is 2.36. The van der Waals surface area contributed by atoms with Crippen molar-refractivity contribution in [2.45, 2.75) is 43.2 Å². The first-order valence-corrected chi connectivity index (χ1v) is 9.61. The smallest absolute Gasteiger partial charge is 0.244 e. The summed E-state index contributed by atoms with van der Waals surface area (Å²) in [7, 11) is -3.49. The van der Waals surface area contributed by atoms with Gasteiger partial charge in [0.15, 0.2) is 0 Å². The van der Waals surface area contributed by atoms with E-state index in [1.54, 1.807) is 22.8 Å². The van der Waals surface area contributed by atoms with Crippen LogP contribution in [0.5, 0.6) is 0 Å². The molecule has 2 aromatic rings. The molecule has 1 aromatic carbocycles. The first-order valence-electron chi connectivity index (χ1n) is 8.17. The molecule has 4 rings (SSSR count). The molecule has 2 unspecified atom stereocenters. The molecule has 2 aliphatic heterocycles. The number of nitrogens with one attached hydrogen (secondary N) is 1. The van der Waals surface area contributed by atoms with E-state index in [0.29, 0.717) is 17.5 Å². The summed E-state index contributed by atoms with van der Waals surface area (Å²) in [5.74, 6) is 0. The second-order valence-corrected chi connectivity index (χ2v) is 8.34. The lowest BCUT2D eigenvalue weighted by molar-refractivity contribution is 0.289. The summed E-state index contributed by atoms with van der Waals surface area (Å²) in [6.07, 6.45) is 6.34. The number of fused-ring (bicyclic) bond motifs is 2. The Morgan fingerprint density at radius 1 is 1.26 bits per heavy atom. The second kappa shape index (κ2) is 5.54.